The summed E-state index contributed by atoms with van der Waals surface area (Å²) in [5.41, 5.74) is 5.11. The monoisotopic (exact) mass is 411 g/mol. The molecule has 0 saturated heterocycles. The van der Waals surface area contributed by atoms with Crippen molar-refractivity contribution in [1.82, 2.24) is 15.2 Å². The molecule has 3 aromatic rings. The molecule has 150 valence electrons. The van der Waals surface area contributed by atoms with Gasteiger partial charge in [-0.3, -0.25) is 4.79 Å². The minimum absolute atomic E-state index is 0.0252. The molecular formula is C20H21N5O3S. The first-order valence-electron chi connectivity index (χ1n) is 8.77. The van der Waals surface area contributed by atoms with Gasteiger partial charge in [-0.1, -0.05) is 42.1 Å². The van der Waals surface area contributed by atoms with Gasteiger partial charge in [0.2, 0.25) is 11.1 Å². The molecule has 0 fully saturated rings. The lowest BCUT2D eigenvalue weighted by Crippen LogP contribution is -2.02. The normalized spacial score (nSPS) is 11.2. The summed E-state index contributed by atoms with van der Waals surface area (Å²) in [6.07, 6.45) is 0. The molecule has 0 aliphatic rings. The molecule has 0 amide bonds. The van der Waals surface area contributed by atoms with Gasteiger partial charge in [-0.05, 0) is 25.1 Å². The number of carbonyl (C=O) groups excluding carboxylic acids is 1. The number of methoxy groups -OCH3 is 2. The van der Waals surface area contributed by atoms with E-state index in [1.807, 2.05) is 43.3 Å². The van der Waals surface area contributed by atoms with Crippen molar-refractivity contribution in [2.75, 3.05) is 25.4 Å². The van der Waals surface area contributed by atoms with E-state index in [1.54, 1.807) is 26.4 Å². The van der Waals surface area contributed by atoms with E-state index in [9.17, 15) is 4.79 Å². The van der Waals surface area contributed by atoms with Gasteiger partial charge in [0.05, 0.1) is 25.7 Å². The van der Waals surface area contributed by atoms with Crippen molar-refractivity contribution in [3.05, 3.63) is 59.7 Å². The van der Waals surface area contributed by atoms with Crippen LogP contribution in [0.3, 0.4) is 0 Å². The Bertz CT molecular complexity index is 1000. The van der Waals surface area contributed by atoms with Gasteiger partial charge in [-0.2, -0.15) is 10.1 Å². The second-order valence-corrected chi connectivity index (χ2v) is 6.87. The smallest absolute Gasteiger partial charge is 0.240 e. The predicted molar refractivity (Wildman–Crippen MR) is 113 cm³/mol. The second kappa shape index (κ2) is 9.74. The number of aromatic nitrogens is 3. The molecule has 8 nitrogen and oxygen atoms in total. The number of hydrogen-bond donors (Lipinski definition) is 2. The molecule has 29 heavy (non-hydrogen) atoms. The number of thioether (sulfide) groups is 1. The SMILES string of the molecule is COc1ccc(/C(C)=N/Nc2nc(SCC(=O)c3ccccc3)n[nH]2)cc1OC. The van der Waals surface area contributed by atoms with Gasteiger partial charge >= 0.3 is 0 Å². The summed E-state index contributed by atoms with van der Waals surface area (Å²) in [7, 11) is 3.18. The van der Waals surface area contributed by atoms with E-state index in [0.717, 1.165) is 11.3 Å². The van der Waals surface area contributed by atoms with Crippen LogP contribution in [-0.2, 0) is 0 Å². The Morgan fingerprint density at radius 3 is 2.59 bits per heavy atom. The summed E-state index contributed by atoms with van der Waals surface area (Å²) in [5.74, 6) is 1.95. The van der Waals surface area contributed by atoms with Crippen LogP contribution in [0.4, 0.5) is 5.95 Å². The zero-order valence-electron chi connectivity index (χ0n) is 16.3. The molecule has 0 spiro atoms. The molecule has 1 aromatic heterocycles. The van der Waals surface area contributed by atoms with Gasteiger partial charge in [0, 0.05) is 11.1 Å². The van der Waals surface area contributed by atoms with Gasteiger partial charge in [0.25, 0.3) is 0 Å². The first-order valence-corrected chi connectivity index (χ1v) is 9.75. The highest BCUT2D eigenvalue weighted by Gasteiger charge is 2.10. The summed E-state index contributed by atoms with van der Waals surface area (Å²) in [6.45, 7) is 1.86. The lowest BCUT2D eigenvalue weighted by Gasteiger charge is -2.09. The lowest BCUT2D eigenvalue weighted by atomic mass is 10.1. The van der Waals surface area contributed by atoms with Crippen LogP contribution in [0.25, 0.3) is 0 Å². The minimum Gasteiger partial charge on any atom is -0.493 e. The number of carbonyl (C=O) groups is 1. The third-order valence-electron chi connectivity index (χ3n) is 4.02. The Morgan fingerprint density at radius 2 is 1.86 bits per heavy atom. The van der Waals surface area contributed by atoms with Crippen LogP contribution >= 0.6 is 11.8 Å². The molecule has 0 saturated carbocycles. The van der Waals surface area contributed by atoms with E-state index in [-0.39, 0.29) is 11.5 Å². The summed E-state index contributed by atoms with van der Waals surface area (Å²) in [5, 5.41) is 11.6. The van der Waals surface area contributed by atoms with Gasteiger partial charge < -0.3 is 9.47 Å². The Labute approximate surface area is 172 Å². The lowest BCUT2D eigenvalue weighted by molar-refractivity contribution is 0.102. The number of ether oxygens (including phenoxy) is 2. The average Bonchev–Trinajstić information content (AvgIpc) is 3.23. The van der Waals surface area contributed by atoms with Crippen LogP contribution in [-0.4, -0.2) is 46.6 Å². The van der Waals surface area contributed by atoms with Gasteiger partial charge in [0.1, 0.15) is 0 Å². The predicted octanol–water partition coefficient (Wildman–Crippen LogP) is 3.63. The molecule has 0 atom stereocenters. The third kappa shape index (κ3) is 5.35. The fraction of sp³-hybridized carbons (Fsp3) is 0.200. The van der Waals surface area contributed by atoms with Crippen molar-refractivity contribution in [1.29, 1.82) is 0 Å². The summed E-state index contributed by atoms with van der Waals surface area (Å²) < 4.78 is 10.6. The number of ketones is 1. The summed E-state index contributed by atoms with van der Waals surface area (Å²) >= 11 is 1.26. The van der Waals surface area contributed by atoms with Gasteiger partial charge in [-0.15, -0.1) is 5.10 Å². The van der Waals surface area contributed by atoms with Crippen molar-refractivity contribution in [3.63, 3.8) is 0 Å². The maximum atomic E-state index is 12.2. The van der Waals surface area contributed by atoms with E-state index < -0.39 is 0 Å². The number of hydrazone groups is 1. The molecule has 9 heteroatoms. The zero-order chi connectivity index (χ0) is 20.6. The Hall–Kier alpha value is -3.33. The van der Waals surface area contributed by atoms with Crippen molar-refractivity contribution in [2.45, 2.75) is 12.1 Å². The maximum absolute atomic E-state index is 12.2. The summed E-state index contributed by atoms with van der Waals surface area (Å²) in [6, 6.07) is 14.7. The molecule has 1 heterocycles. The largest absolute Gasteiger partial charge is 0.493 e. The highest BCUT2D eigenvalue weighted by atomic mass is 32.2. The highest BCUT2D eigenvalue weighted by molar-refractivity contribution is 7.99. The second-order valence-electron chi connectivity index (χ2n) is 5.92. The quantitative estimate of drug-likeness (QED) is 0.240. The minimum atomic E-state index is 0.0252. The molecule has 0 aliphatic carbocycles. The first-order chi connectivity index (χ1) is 14.1. The van der Waals surface area contributed by atoms with E-state index in [2.05, 4.69) is 25.7 Å². The van der Waals surface area contributed by atoms with Crippen molar-refractivity contribution in [2.24, 2.45) is 5.10 Å². The first kappa shape index (κ1) is 20.4. The number of aromatic amines is 1. The number of anilines is 1. The van der Waals surface area contributed by atoms with Crippen molar-refractivity contribution >= 4 is 29.2 Å². The number of nitrogens with one attached hydrogen (secondary N) is 2. The van der Waals surface area contributed by atoms with Crippen molar-refractivity contribution in [3.8, 4) is 11.5 Å². The standard InChI is InChI=1S/C20H21N5O3S/c1-13(15-9-10-17(27-2)18(11-15)28-3)22-23-19-21-20(25-24-19)29-12-16(26)14-7-5-4-6-8-14/h4-11H,12H2,1-3H3,(H2,21,23,24,25)/b22-13+. The molecule has 0 aliphatic heterocycles. The molecule has 2 N–H and O–H groups in total. The molecular weight excluding hydrogens is 390 g/mol. The number of benzene rings is 2. The molecule has 3 rings (SSSR count). The Kier molecular flexibility index (Phi) is 6.85. The Balaban J connectivity index is 1.59. The molecule has 0 radical (unpaired) electrons. The van der Waals surface area contributed by atoms with Crippen LogP contribution in [0.5, 0.6) is 11.5 Å². The van der Waals surface area contributed by atoms with Gasteiger partial charge in [0.15, 0.2) is 17.3 Å². The van der Waals surface area contributed by atoms with Crippen molar-refractivity contribution < 1.29 is 14.3 Å². The number of Topliss-reactive ketones (excluding diaryl/α,β-unsaturated/α-hetero) is 1. The van der Waals surface area contributed by atoms with E-state index in [0.29, 0.717) is 28.2 Å². The van der Waals surface area contributed by atoms with E-state index >= 15 is 0 Å². The fourth-order valence-corrected chi connectivity index (χ4v) is 3.15. The molecule has 0 unspecified atom stereocenters. The van der Waals surface area contributed by atoms with E-state index in [1.165, 1.54) is 11.8 Å². The fourth-order valence-electron chi connectivity index (χ4n) is 2.46. The zero-order valence-corrected chi connectivity index (χ0v) is 17.1. The average molecular weight is 411 g/mol. The van der Waals surface area contributed by atoms with Crippen LogP contribution in [0.15, 0.2) is 58.8 Å². The number of H-pyrrole nitrogens is 1. The number of nitrogens with zero attached hydrogens (tertiary/aromatic N) is 3. The maximum Gasteiger partial charge on any atom is 0.240 e. The topological polar surface area (TPSA) is 101 Å². The van der Waals surface area contributed by atoms with Crippen LogP contribution in [0.1, 0.15) is 22.8 Å². The van der Waals surface area contributed by atoms with Crippen LogP contribution in [0, 0.1) is 0 Å². The van der Waals surface area contributed by atoms with Crippen LogP contribution < -0.4 is 14.9 Å². The van der Waals surface area contributed by atoms with E-state index in [4.69, 9.17) is 9.47 Å². The van der Waals surface area contributed by atoms with Gasteiger partial charge in [-0.25, -0.2) is 10.5 Å². The van der Waals surface area contributed by atoms with Crippen LogP contribution in [0.2, 0.25) is 0 Å². The third-order valence-corrected chi connectivity index (χ3v) is 4.87. The number of rotatable bonds is 9. The highest BCUT2D eigenvalue weighted by Crippen LogP contribution is 2.27. The Morgan fingerprint density at radius 1 is 1.10 bits per heavy atom. The number of hydrogen-bond acceptors (Lipinski definition) is 8. The molecule has 2 aromatic carbocycles. The summed E-state index contributed by atoms with van der Waals surface area (Å²) in [4.78, 5) is 16.4. The molecule has 0 bridgehead atoms.